The second-order valence-corrected chi connectivity index (χ2v) is 3.12. The average molecular weight is 205 g/mol. The molecule has 1 heterocycles. The minimum Gasteiger partial charge on any atom is -0.467 e. The largest absolute Gasteiger partial charge is 0.467 e. The topological polar surface area (TPSA) is 55.5 Å². The third-order valence-corrected chi connectivity index (χ3v) is 2.13. The van der Waals surface area contributed by atoms with Gasteiger partial charge in [-0.25, -0.2) is 4.98 Å². The van der Waals surface area contributed by atoms with E-state index >= 15 is 0 Å². The first-order chi connectivity index (χ1) is 7.31. The highest BCUT2D eigenvalue weighted by Gasteiger charge is 2.05. The van der Waals surface area contributed by atoms with Crippen LogP contribution in [0.25, 0.3) is 11.3 Å². The van der Waals surface area contributed by atoms with E-state index in [9.17, 15) is 0 Å². The van der Waals surface area contributed by atoms with Crippen molar-refractivity contribution in [1.29, 1.82) is 0 Å². The molecule has 4 nitrogen and oxygen atoms in total. The summed E-state index contributed by atoms with van der Waals surface area (Å²) in [6, 6.07) is 5.63. The number of aryl methyl sites for hydroxylation is 1. The predicted octanol–water partition coefficient (Wildman–Crippen LogP) is 1.98. The van der Waals surface area contributed by atoms with E-state index in [-0.39, 0.29) is 6.79 Å². The van der Waals surface area contributed by atoms with E-state index in [1.54, 1.807) is 6.20 Å². The predicted molar refractivity (Wildman–Crippen MR) is 54.4 cm³/mol. The van der Waals surface area contributed by atoms with Crippen molar-refractivity contribution in [3.8, 4) is 17.1 Å². The highest BCUT2D eigenvalue weighted by Crippen LogP contribution is 2.26. The van der Waals surface area contributed by atoms with Gasteiger partial charge in [0, 0.05) is 5.56 Å². The molecule has 0 radical (unpaired) electrons. The summed E-state index contributed by atoms with van der Waals surface area (Å²) in [5, 5.41) is 8.71. The monoisotopic (exact) mass is 205 g/mol. The Hall–Kier alpha value is -1.81. The van der Waals surface area contributed by atoms with Crippen LogP contribution in [0.2, 0.25) is 0 Å². The molecule has 2 aromatic rings. The maximum Gasteiger partial charge on any atom is 0.186 e. The van der Waals surface area contributed by atoms with Crippen molar-refractivity contribution in [3.05, 3.63) is 36.4 Å². The third kappa shape index (κ3) is 1.99. The fourth-order valence-corrected chi connectivity index (χ4v) is 1.34. The van der Waals surface area contributed by atoms with Crippen molar-refractivity contribution in [1.82, 2.24) is 4.98 Å². The van der Waals surface area contributed by atoms with Gasteiger partial charge in [-0.15, -0.1) is 0 Å². The lowest BCUT2D eigenvalue weighted by molar-refractivity contribution is 0.0979. The quantitative estimate of drug-likeness (QED) is 0.778. The van der Waals surface area contributed by atoms with E-state index in [2.05, 4.69) is 4.98 Å². The Morgan fingerprint density at radius 3 is 3.00 bits per heavy atom. The molecule has 78 valence electrons. The van der Waals surface area contributed by atoms with Gasteiger partial charge in [0.25, 0.3) is 0 Å². The molecule has 1 aromatic heterocycles. The molecular weight excluding hydrogens is 194 g/mol. The Labute approximate surface area is 87.1 Å². The molecule has 0 aliphatic heterocycles. The standard InChI is InChI=1S/C11H11NO3/c1-8-2-3-9(4-10(8)15-7-13)11-5-12-6-14-11/h2-6,13H,7H2,1H3. The molecule has 0 bridgehead atoms. The van der Waals surface area contributed by atoms with Gasteiger partial charge >= 0.3 is 0 Å². The molecule has 0 atom stereocenters. The van der Waals surface area contributed by atoms with E-state index < -0.39 is 0 Å². The molecule has 0 spiro atoms. The maximum absolute atomic E-state index is 8.71. The number of aliphatic hydroxyl groups is 1. The first-order valence-corrected chi connectivity index (χ1v) is 4.54. The summed E-state index contributed by atoms with van der Waals surface area (Å²) in [4.78, 5) is 3.84. The second kappa shape index (κ2) is 4.14. The summed E-state index contributed by atoms with van der Waals surface area (Å²) < 4.78 is 10.2. The fourth-order valence-electron chi connectivity index (χ4n) is 1.34. The summed E-state index contributed by atoms with van der Waals surface area (Å²) in [7, 11) is 0. The highest BCUT2D eigenvalue weighted by atomic mass is 16.6. The summed E-state index contributed by atoms with van der Waals surface area (Å²) in [6.07, 6.45) is 3.01. The normalized spacial score (nSPS) is 10.3. The van der Waals surface area contributed by atoms with Crippen LogP contribution in [0.4, 0.5) is 0 Å². The van der Waals surface area contributed by atoms with Gasteiger partial charge < -0.3 is 14.3 Å². The van der Waals surface area contributed by atoms with E-state index in [0.29, 0.717) is 11.5 Å². The van der Waals surface area contributed by atoms with Crippen molar-refractivity contribution < 1.29 is 14.3 Å². The number of nitrogens with zero attached hydrogens (tertiary/aromatic N) is 1. The van der Waals surface area contributed by atoms with Crippen LogP contribution in [0.1, 0.15) is 5.56 Å². The van der Waals surface area contributed by atoms with Crippen LogP contribution in [0, 0.1) is 6.92 Å². The number of benzene rings is 1. The highest BCUT2D eigenvalue weighted by molar-refractivity contribution is 5.60. The minimum atomic E-state index is -0.333. The van der Waals surface area contributed by atoms with Crippen molar-refractivity contribution in [2.45, 2.75) is 6.92 Å². The summed E-state index contributed by atoms with van der Waals surface area (Å²) >= 11 is 0. The van der Waals surface area contributed by atoms with Crippen LogP contribution < -0.4 is 4.74 Å². The zero-order valence-electron chi connectivity index (χ0n) is 8.30. The summed E-state index contributed by atoms with van der Waals surface area (Å²) in [5.74, 6) is 1.32. The molecule has 0 unspecified atom stereocenters. The zero-order valence-corrected chi connectivity index (χ0v) is 8.30. The Morgan fingerprint density at radius 1 is 1.47 bits per heavy atom. The molecular formula is C11H11NO3. The summed E-state index contributed by atoms with van der Waals surface area (Å²) in [6.45, 7) is 1.58. The van der Waals surface area contributed by atoms with Crippen molar-refractivity contribution in [2.75, 3.05) is 6.79 Å². The fraction of sp³-hybridized carbons (Fsp3) is 0.182. The Balaban J connectivity index is 2.38. The van der Waals surface area contributed by atoms with Crippen LogP contribution in [-0.2, 0) is 0 Å². The molecule has 0 fully saturated rings. The SMILES string of the molecule is Cc1ccc(-c2cnco2)cc1OCO. The number of ether oxygens (including phenoxy) is 1. The first kappa shape index (κ1) is 9.73. The van der Waals surface area contributed by atoms with Gasteiger partial charge in [0.1, 0.15) is 5.75 Å². The number of hydrogen-bond acceptors (Lipinski definition) is 4. The molecule has 0 saturated heterocycles. The number of aromatic nitrogens is 1. The molecule has 4 heteroatoms. The Bertz CT molecular complexity index is 437. The number of hydrogen-bond donors (Lipinski definition) is 1. The number of oxazole rings is 1. The van der Waals surface area contributed by atoms with Crippen LogP contribution >= 0.6 is 0 Å². The van der Waals surface area contributed by atoms with E-state index in [1.165, 1.54) is 6.39 Å². The zero-order chi connectivity index (χ0) is 10.7. The van der Waals surface area contributed by atoms with Crippen molar-refractivity contribution in [2.24, 2.45) is 0 Å². The van der Waals surface area contributed by atoms with Gasteiger partial charge in [0.2, 0.25) is 0 Å². The van der Waals surface area contributed by atoms with Crippen molar-refractivity contribution >= 4 is 0 Å². The van der Waals surface area contributed by atoms with Crippen molar-refractivity contribution in [3.63, 3.8) is 0 Å². The molecule has 0 aliphatic rings. The maximum atomic E-state index is 8.71. The van der Waals surface area contributed by atoms with Crippen LogP contribution in [-0.4, -0.2) is 16.9 Å². The van der Waals surface area contributed by atoms with Gasteiger partial charge in [0.15, 0.2) is 18.9 Å². The first-order valence-electron chi connectivity index (χ1n) is 4.54. The number of aliphatic hydroxyl groups excluding tert-OH is 1. The van der Waals surface area contributed by atoms with Gasteiger partial charge in [-0.05, 0) is 18.6 Å². The van der Waals surface area contributed by atoms with Gasteiger partial charge in [-0.3, -0.25) is 0 Å². The number of rotatable bonds is 3. The molecule has 1 N–H and O–H groups in total. The van der Waals surface area contributed by atoms with E-state index in [4.69, 9.17) is 14.3 Å². The Kier molecular flexibility index (Phi) is 2.69. The molecule has 0 aliphatic carbocycles. The van der Waals surface area contributed by atoms with Crippen LogP contribution in [0.3, 0.4) is 0 Å². The lowest BCUT2D eigenvalue weighted by Crippen LogP contribution is -1.96. The second-order valence-electron chi connectivity index (χ2n) is 3.12. The van der Waals surface area contributed by atoms with Crippen LogP contribution in [0.15, 0.2) is 35.2 Å². The molecule has 0 amide bonds. The molecule has 2 rings (SSSR count). The average Bonchev–Trinajstić information content (AvgIpc) is 2.75. The van der Waals surface area contributed by atoms with Crippen LogP contribution in [0.5, 0.6) is 5.75 Å². The smallest absolute Gasteiger partial charge is 0.186 e. The molecule has 0 saturated carbocycles. The molecule has 1 aromatic carbocycles. The molecule has 15 heavy (non-hydrogen) atoms. The van der Waals surface area contributed by atoms with Gasteiger partial charge in [-0.1, -0.05) is 12.1 Å². The summed E-state index contributed by atoms with van der Waals surface area (Å²) in [5.41, 5.74) is 1.84. The lowest BCUT2D eigenvalue weighted by atomic mass is 10.1. The van der Waals surface area contributed by atoms with Gasteiger partial charge in [0.05, 0.1) is 6.20 Å². The Morgan fingerprint density at radius 2 is 2.33 bits per heavy atom. The lowest BCUT2D eigenvalue weighted by Gasteiger charge is -2.07. The third-order valence-electron chi connectivity index (χ3n) is 2.13. The van der Waals surface area contributed by atoms with Gasteiger partial charge in [-0.2, -0.15) is 0 Å². The van der Waals surface area contributed by atoms with E-state index in [1.807, 2.05) is 25.1 Å². The minimum absolute atomic E-state index is 0.333. The van der Waals surface area contributed by atoms with E-state index in [0.717, 1.165) is 11.1 Å².